The number of anilines is 3. The first-order valence-electron chi connectivity index (χ1n) is 6.13. The first kappa shape index (κ1) is 13.8. The smallest absolute Gasteiger partial charge is 0.139 e. The molecule has 4 nitrogen and oxygen atoms in total. The van der Waals surface area contributed by atoms with Crippen LogP contribution in [-0.4, -0.2) is 9.97 Å². The lowest BCUT2D eigenvalue weighted by atomic mass is 10.0. The van der Waals surface area contributed by atoms with Gasteiger partial charge in [-0.3, -0.25) is 0 Å². The van der Waals surface area contributed by atoms with Crippen molar-refractivity contribution in [2.45, 2.75) is 26.7 Å². The van der Waals surface area contributed by atoms with Crippen LogP contribution in [0.15, 0.2) is 29.0 Å². The molecule has 100 valence electrons. The largest absolute Gasteiger partial charge is 0.383 e. The number of rotatable bonds is 3. The molecular weight excluding hydrogens is 304 g/mol. The van der Waals surface area contributed by atoms with E-state index in [0.717, 1.165) is 27.1 Å². The van der Waals surface area contributed by atoms with Gasteiger partial charge in [-0.2, -0.15) is 0 Å². The van der Waals surface area contributed by atoms with E-state index in [2.05, 4.69) is 45.1 Å². The average molecular weight is 321 g/mol. The van der Waals surface area contributed by atoms with Crippen LogP contribution in [0.25, 0.3) is 0 Å². The summed E-state index contributed by atoms with van der Waals surface area (Å²) in [6, 6.07) is 6.05. The van der Waals surface area contributed by atoms with Gasteiger partial charge in [-0.15, -0.1) is 0 Å². The van der Waals surface area contributed by atoms with E-state index in [0.29, 0.717) is 5.82 Å². The molecule has 0 aliphatic rings. The van der Waals surface area contributed by atoms with Crippen molar-refractivity contribution in [1.82, 2.24) is 9.97 Å². The number of nitrogens with zero attached hydrogens (tertiary/aromatic N) is 2. The Balaban J connectivity index is 2.44. The summed E-state index contributed by atoms with van der Waals surface area (Å²) in [5.74, 6) is 1.54. The highest BCUT2D eigenvalue weighted by Crippen LogP contribution is 2.32. The molecule has 0 saturated carbocycles. The van der Waals surface area contributed by atoms with Gasteiger partial charge < -0.3 is 11.1 Å². The first-order valence-corrected chi connectivity index (χ1v) is 6.92. The highest BCUT2D eigenvalue weighted by Gasteiger charge is 2.14. The van der Waals surface area contributed by atoms with Crippen LogP contribution in [0.4, 0.5) is 17.3 Å². The number of nitrogens with two attached hydrogens (primary N) is 1. The topological polar surface area (TPSA) is 63.8 Å². The lowest BCUT2D eigenvalue weighted by molar-refractivity contribution is 0.855. The maximum Gasteiger partial charge on any atom is 0.139 e. The van der Waals surface area contributed by atoms with E-state index in [9.17, 15) is 0 Å². The van der Waals surface area contributed by atoms with Crippen LogP contribution in [0.1, 0.15) is 30.9 Å². The molecule has 0 radical (unpaired) electrons. The number of aromatic nitrogens is 2. The number of nitrogens with one attached hydrogen (secondary N) is 1. The molecule has 19 heavy (non-hydrogen) atoms. The Kier molecular flexibility index (Phi) is 4.04. The van der Waals surface area contributed by atoms with Crippen molar-refractivity contribution in [3.63, 3.8) is 0 Å². The van der Waals surface area contributed by atoms with E-state index in [-0.39, 0.29) is 5.92 Å². The third-order valence-electron chi connectivity index (χ3n) is 2.94. The normalized spacial score (nSPS) is 10.8. The highest BCUT2D eigenvalue weighted by atomic mass is 79.9. The molecule has 5 heteroatoms. The zero-order chi connectivity index (χ0) is 14.0. The summed E-state index contributed by atoms with van der Waals surface area (Å²) in [6.07, 6.45) is 1.48. The van der Waals surface area contributed by atoms with E-state index in [4.69, 9.17) is 5.73 Å². The number of hydrogen-bond acceptors (Lipinski definition) is 4. The molecule has 0 aliphatic carbocycles. The predicted octanol–water partition coefficient (Wildman–Crippen LogP) is 4.00. The lowest BCUT2D eigenvalue weighted by Gasteiger charge is -2.16. The average Bonchev–Trinajstić information content (AvgIpc) is 2.34. The third-order valence-corrected chi connectivity index (χ3v) is 3.99. The van der Waals surface area contributed by atoms with Gasteiger partial charge in [0.05, 0.1) is 5.69 Å². The molecule has 1 aromatic carbocycles. The summed E-state index contributed by atoms with van der Waals surface area (Å²) in [6.45, 7) is 6.20. The SMILES string of the molecule is Cc1cccc(Nc2ncnc(N)c2C(C)C)c1Br. The van der Waals surface area contributed by atoms with Crippen LogP contribution >= 0.6 is 15.9 Å². The molecule has 1 aromatic heterocycles. The van der Waals surface area contributed by atoms with Gasteiger partial charge in [0.2, 0.25) is 0 Å². The van der Waals surface area contributed by atoms with Gasteiger partial charge in [0.15, 0.2) is 0 Å². The fraction of sp³-hybridized carbons (Fsp3) is 0.286. The van der Waals surface area contributed by atoms with Gasteiger partial charge in [0.1, 0.15) is 18.0 Å². The number of nitrogen functional groups attached to an aromatic ring is 1. The molecule has 1 heterocycles. The zero-order valence-electron chi connectivity index (χ0n) is 11.2. The minimum atomic E-state index is 0.257. The zero-order valence-corrected chi connectivity index (χ0v) is 12.8. The van der Waals surface area contributed by atoms with E-state index >= 15 is 0 Å². The molecule has 2 aromatic rings. The standard InChI is InChI=1S/C14H17BrN4/c1-8(2)11-13(16)17-7-18-14(11)19-10-6-4-5-9(3)12(10)15/h4-8H,1-3H3,(H3,16,17,18,19). The van der Waals surface area contributed by atoms with Crippen molar-refractivity contribution in [1.29, 1.82) is 0 Å². The van der Waals surface area contributed by atoms with Gasteiger partial charge in [0, 0.05) is 10.0 Å². The Labute approximate surface area is 121 Å². The van der Waals surface area contributed by atoms with E-state index < -0.39 is 0 Å². The lowest BCUT2D eigenvalue weighted by Crippen LogP contribution is -2.07. The summed E-state index contributed by atoms with van der Waals surface area (Å²) < 4.78 is 1.03. The summed E-state index contributed by atoms with van der Waals surface area (Å²) in [4.78, 5) is 8.36. The second-order valence-corrected chi connectivity index (χ2v) is 5.53. The maximum absolute atomic E-state index is 5.94. The number of halogens is 1. The molecule has 0 saturated heterocycles. The second kappa shape index (κ2) is 5.57. The van der Waals surface area contributed by atoms with Crippen LogP contribution < -0.4 is 11.1 Å². The molecule has 0 atom stereocenters. The van der Waals surface area contributed by atoms with Crippen LogP contribution in [0.2, 0.25) is 0 Å². The van der Waals surface area contributed by atoms with Crippen molar-refractivity contribution in [2.75, 3.05) is 11.1 Å². The van der Waals surface area contributed by atoms with E-state index in [1.807, 2.05) is 25.1 Å². The number of aryl methyl sites for hydroxylation is 1. The predicted molar refractivity (Wildman–Crippen MR) is 82.7 cm³/mol. The monoisotopic (exact) mass is 320 g/mol. The summed E-state index contributed by atoms with van der Waals surface area (Å²) >= 11 is 3.58. The summed E-state index contributed by atoms with van der Waals surface area (Å²) in [5, 5.41) is 3.33. The molecule has 2 rings (SSSR count). The van der Waals surface area contributed by atoms with Gasteiger partial charge in [-0.25, -0.2) is 9.97 Å². The van der Waals surface area contributed by atoms with Crippen LogP contribution in [-0.2, 0) is 0 Å². The fourth-order valence-corrected chi connectivity index (χ4v) is 2.31. The molecular formula is C14H17BrN4. The van der Waals surface area contributed by atoms with Gasteiger partial charge in [0.25, 0.3) is 0 Å². The van der Waals surface area contributed by atoms with Crippen molar-refractivity contribution < 1.29 is 0 Å². The Morgan fingerprint density at radius 3 is 2.68 bits per heavy atom. The maximum atomic E-state index is 5.94. The minimum Gasteiger partial charge on any atom is -0.383 e. The molecule has 0 unspecified atom stereocenters. The highest BCUT2D eigenvalue weighted by molar-refractivity contribution is 9.10. The molecule has 0 spiro atoms. The van der Waals surface area contributed by atoms with E-state index in [1.54, 1.807) is 0 Å². The molecule has 3 N–H and O–H groups in total. The fourth-order valence-electron chi connectivity index (χ4n) is 1.95. The third kappa shape index (κ3) is 2.87. The van der Waals surface area contributed by atoms with Crippen molar-refractivity contribution >= 4 is 33.3 Å². The summed E-state index contributed by atoms with van der Waals surface area (Å²) in [7, 11) is 0. The van der Waals surface area contributed by atoms with Gasteiger partial charge >= 0.3 is 0 Å². The Hall–Kier alpha value is -1.62. The van der Waals surface area contributed by atoms with Crippen LogP contribution in [0.3, 0.4) is 0 Å². The minimum absolute atomic E-state index is 0.257. The molecule has 0 aliphatic heterocycles. The van der Waals surface area contributed by atoms with Gasteiger partial charge in [-0.1, -0.05) is 26.0 Å². The van der Waals surface area contributed by atoms with Crippen molar-refractivity contribution in [3.05, 3.63) is 40.1 Å². The Morgan fingerprint density at radius 1 is 1.26 bits per heavy atom. The molecule has 0 bridgehead atoms. The number of hydrogen-bond donors (Lipinski definition) is 2. The number of benzene rings is 1. The molecule has 0 amide bonds. The first-order chi connectivity index (χ1) is 9.00. The van der Waals surface area contributed by atoms with Gasteiger partial charge in [-0.05, 0) is 40.4 Å². The quantitative estimate of drug-likeness (QED) is 0.897. The van der Waals surface area contributed by atoms with Crippen molar-refractivity contribution in [3.8, 4) is 0 Å². The Morgan fingerprint density at radius 2 is 2.00 bits per heavy atom. The summed E-state index contributed by atoms with van der Waals surface area (Å²) in [5.41, 5.74) is 9.02. The second-order valence-electron chi connectivity index (χ2n) is 4.74. The van der Waals surface area contributed by atoms with Crippen molar-refractivity contribution in [2.24, 2.45) is 0 Å². The van der Waals surface area contributed by atoms with Crippen LogP contribution in [0.5, 0.6) is 0 Å². The van der Waals surface area contributed by atoms with Crippen LogP contribution in [0, 0.1) is 6.92 Å². The molecule has 0 fully saturated rings. The Bertz CT molecular complexity index is 596. The van der Waals surface area contributed by atoms with E-state index in [1.165, 1.54) is 6.33 Å².